The zero-order valence-corrected chi connectivity index (χ0v) is 8.65. The first kappa shape index (κ1) is 5.68. The lowest BCUT2D eigenvalue weighted by molar-refractivity contribution is -0.141. The molecule has 15 heavy (non-hydrogen) atoms. The number of ether oxygens (including phenoxy) is 1. The van der Waals surface area contributed by atoms with Crippen LogP contribution in [0.4, 0.5) is 0 Å². The molecule has 0 unspecified atom stereocenters. The predicted octanol–water partition coefficient (Wildman–Crippen LogP) is 1.16. The lowest BCUT2D eigenvalue weighted by Crippen LogP contribution is -2.18. The van der Waals surface area contributed by atoms with Crippen molar-refractivity contribution in [1.82, 2.24) is 9.55 Å². The van der Waals surface area contributed by atoms with E-state index >= 15 is 0 Å². The van der Waals surface area contributed by atoms with Crippen LogP contribution in [-0.4, -0.2) is 22.1 Å². The number of carbonyl (C=O) groups excluding carboxylic acids is 1. The third kappa shape index (κ3) is 1.89. The average molecular weight is 213 g/mol. The van der Waals surface area contributed by atoms with E-state index in [0.717, 1.165) is 0 Å². The molecule has 0 aromatic carbocycles. The summed E-state index contributed by atoms with van der Waals surface area (Å²) in [5.74, 6) is -4.43. The van der Waals surface area contributed by atoms with Gasteiger partial charge in [-0.3, -0.25) is 4.79 Å². The van der Waals surface area contributed by atoms with Gasteiger partial charge in [0, 0.05) is 28.9 Å². The van der Waals surface area contributed by atoms with Gasteiger partial charge >= 0.3 is 5.97 Å². The zero-order chi connectivity index (χ0) is 15.3. The smallest absolute Gasteiger partial charge is 0.309 e. The number of cyclic esters (lactones) is 1. The lowest BCUT2D eigenvalue weighted by atomic mass is 9.89. The number of nitrogens with zero attached hydrogens (tertiary/aromatic N) is 2. The highest BCUT2D eigenvalue weighted by molar-refractivity contribution is 5.74. The topological polar surface area (TPSA) is 44.1 Å². The van der Waals surface area contributed by atoms with Gasteiger partial charge in [-0.25, -0.2) is 4.98 Å². The third-order valence-corrected chi connectivity index (χ3v) is 2.38. The standard InChI is InChI=1S/C11H16N2O2/c1-3-10-8(6-15-11(10)14)4-9-5-12-7-13(9)2/h5,7-8,10H,3-4,6H2,1-2H3/t8-,10-/m0/s1/i4D2,6D2,8D. The molecule has 0 amide bonds. The van der Waals surface area contributed by atoms with Gasteiger partial charge < -0.3 is 9.30 Å². The largest absolute Gasteiger partial charge is 0.465 e. The summed E-state index contributed by atoms with van der Waals surface area (Å²) in [5.41, 5.74) is 0.0353. The molecule has 1 aliphatic heterocycles. The van der Waals surface area contributed by atoms with Gasteiger partial charge in [0.25, 0.3) is 0 Å². The number of aromatic nitrogens is 2. The molecule has 0 N–H and O–H groups in total. The van der Waals surface area contributed by atoms with Gasteiger partial charge in [0.15, 0.2) is 0 Å². The number of rotatable bonds is 3. The van der Waals surface area contributed by atoms with Crippen molar-refractivity contribution in [2.75, 3.05) is 6.56 Å². The Labute approximate surface area is 96.3 Å². The Morgan fingerprint density at radius 2 is 2.73 bits per heavy atom. The molecule has 0 aliphatic carbocycles. The number of carbonyl (C=O) groups is 1. The Hall–Kier alpha value is -1.32. The molecule has 82 valence electrons. The molecule has 1 saturated heterocycles. The molecule has 4 heteroatoms. The molecule has 2 heterocycles. The number of aryl methyl sites for hydroxylation is 1. The summed E-state index contributed by atoms with van der Waals surface area (Å²) in [6.45, 7) is -1.10. The summed E-state index contributed by atoms with van der Waals surface area (Å²) >= 11 is 0. The Morgan fingerprint density at radius 3 is 3.33 bits per heavy atom. The van der Waals surface area contributed by atoms with Crippen LogP contribution >= 0.6 is 0 Å². The Morgan fingerprint density at radius 1 is 1.93 bits per heavy atom. The fraction of sp³-hybridized carbons (Fsp3) is 0.636. The third-order valence-electron chi connectivity index (χ3n) is 2.38. The maximum absolute atomic E-state index is 11.8. The summed E-state index contributed by atoms with van der Waals surface area (Å²) in [7, 11) is 1.55. The number of hydrogen-bond donors (Lipinski definition) is 0. The minimum atomic E-state index is -2.71. The Balaban J connectivity index is 2.63. The van der Waals surface area contributed by atoms with Crippen molar-refractivity contribution >= 4 is 5.97 Å². The van der Waals surface area contributed by atoms with Gasteiger partial charge in [-0.1, -0.05) is 6.92 Å². The second-order valence-corrected chi connectivity index (χ2v) is 3.41. The van der Waals surface area contributed by atoms with Gasteiger partial charge in [-0.2, -0.15) is 0 Å². The van der Waals surface area contributed by atoms with E-state index in [2.05, 4.69) is 9.72 Å². The monoisotopic (exact) mass is 213 g/mol. The second kappa shape index (κ2) is 4.04. The highest BCUT2D eigenvalue weighted by Gasteiger charge is 2.35. The van der Waals surface area contributed by atoms with E-state index in [1.54, 1.807) is 14.0 Å². The normalized spacial score (nSPS) is 39.7. The Kier molecular flexibility index (Phi) is 1.53. The van der Waals surface area contributed by atoms with Crippen molar-refractivity contribution in [1.29, 1.82) is 0 Å². The predicted molar refractivity (Wildman–Crippen MR) is 55.1 cm³/mol. The van der Waals surface area contributed by atoms with E-state index in [-0.39, 0.29) is 12.1 Å². The van der Waals surface area contributed by atoms with Crippen LogP contribution in [0.5, 0.6) is 0 Å². The molecule has 2 rings (SSSR count). The van der Waals surface area contributed by atoms with Crippen molar-refractivity contribution in [3.05, 3.63) is 18.2 Å². The molecule has 1 aromatic heterocycles. The maximum Gasteiger partial charge on any atom is 0.309 e. The SMILES string of the molecule is [2H]C1([2H])OC(=O)[C@@H](CC)[C@@]1([2H])C([2H])([2H])c1cncn1C. The van der Waals surface area contributed by atoms with E-state index in [1.165, 1.54) is 17.1 Å². The summed E-state index contributed by atoms with van der Waals surface area (Å²) in [6, 6.07) is 0. The highest BCUT2D eigenvalue weighted by atomic mass is 16.5. The van der Waals surface area contributed by atoms with Crippen molar-refractivity contribution in [2.24, 2.45) is 18.9 Å². The van der Waals surface area contributed by atoms with Crippen LogP contribution in [0.15, 0.2) is 12.5 Å². The van der Waals surface area contributed by atoms with Crippen LogP contribution in [-0.2, 0) is 23.0 Å². The quantitative estimate of drug-likeness (QED) is 0.708. The fourth-order valence-corrected chi connectivity index (χ4v) is 1.46. The molecule has 1 aromatic rings. The Bertz CT molecular complexity index is 545. The van der Waals surface area contributed by atoms with E-state index in [9.17, 15) is 4.79 Å². The van der Waals surface area contributed by atoms with E-state index in [4.69, 9.17) is 6.85 Å². The van der Waals surface area contributed by atoms with Crippen LogP contribution in [0, 0.1) is 11.8 Å². The van der Waals surface area contributed by atoms with Crippen LogP contribution in [0.25, 0.3) is 0 Å². The van der Waals surface area contributed by atoms with E-state index in [1.807, 2.05) is 0 Å². The summed E-state index contributed by atoms with van der Waals surface area (Å²) in [5, 5.41) is 0. The van der Waals surface area contributed by atoms with Gasteiger partial charge in [0.1, 0.15) is 0 Å². The van der Waals surface area contributed by atoms with Crippen molar-refractivity contribution in [3.63, 3.8) is 0 Å². The molecule has 2 atom stereocenters. The summed E-state index contributed by atoms with van der Waals surface area (Å²) < 4.78 is 46.5. The minimum Gasteiger partial charge on any atom is -0.465 e. The molecular formula is C11H16N2O2. The molecule has 0 bridgehead atoms. The average Bonchev–Trinajstić information content (AvgIpc) is 2.81. The van der Waals surface area contributed by atoms with E-state index < -0.39 is 30.7 Å². The van der Waals surface area contributed by atoms with Crippen molar-refractivity contribution in [3.8, 4) is 0 Å². The molecule has 1 aliphatic rings. The maximum atomic E-state index is 11.8. The zero-order valence-electron chi connectivity index (χ0n) is 13.7. The van der Waals surface area contributed by atoms with Gasteiger partial charge in [0.05, 0.1) is 21.5 Å². The molecule has 1 fully saturated rings. The second-order valence-electron chi connectivity index (χ2n) is 3.41. The first-order valence-electron chi connectivity index (χ1n) is 7.29. The van der Waals surface area contributed by atoms with E-state index in [0.29, 0.717) is 0 Å². The molecule has 0 spiro atoms. The number of hydrogen-bond acceptors (Lipinski definition) is 3. The van der Waals surface area contributed by atoms with Gasteiger partial charge in [-0.15, -0.1) is 0 Å². The number of imidazole rings is 1. The van der Waals surface area contributed by atoms with Crippen molar-refractivity contribution < 1.29 is 16.4 Å². The van der Waals surface area contributed by atoms with Gasteiger partial charge in [-0.05, 0) is 12.8 Å². The van der Waals surface area contributed by atoms with Gasteiger partial charge in [0.2, 0.25) is 0 Å². The highest BCUT2D eigenvalue weighted by Crippen LogP contribution is 2.27. The van der Waals surface area contributed by atoms with Crippen LogP contribution in [0.2, 0.25) is 0 Å². The first-order valence-corrected chi connectivity index (χ1v) is 4.79. The van der Waals surface area contributed by atoms with Crippen LogP contribution in [0.3, 0.4) is 0 Å². The minimum absolute atomic E-state index is 0.0353. The first-order chi connectivity index (χ1) is 9.09. The summed E-state index contributed by atoms with van der Waals surface area (Å²) in [4.78, 5) is 15.6. The number of esters is 1. The molecular weight excluding hydrogens is 192 g/mol. The molecule has 0 saturated carbocycles. The lowest BCUT2D eigenvalue weighted by Gasteiger charge is -2.12. The van der Waals surface area contributed by atoms with Crippen molar-refractivity contribution in [2.45, 2.75) is 19.7 Å². The molecule has 0 radical (unpaired) electrons. The summed E-state index contributed by atoms with van der Waals surface area (Å²) in [6.07, 6.45) is 0.292. The van der Waals surface area contributed by atoms with Crippen LogP contribution in [0.1, 0.15) is 25.9 Å². The van der Waals surface area contributed by atoms with Crippen LogP contribution < -0.4 is 0 Å². The molecule has 4 nitrogen and oxygen atoms in total. The fourth-order valence-electron chi connectivity index (χ4n) is 1.46.